The smallest absolute Gasteiger partial charge is 0.147 e. The molecule has 3 heteroatoms. The summed E-state index contributed by atoms with van der Waals surface area (Å²) in [6, 6.07) is 13.3. The van der Waals surface area contributed by atoms with E-state index >= 15 is 0 Å². The lowest BCUT2D eigenvalue weighted by Crippen LogP contribution is -2.19. The third-order valence-electron chi connectivity index (χ3n) is 3.62. The number of anilines is 2. The van der Waals surface area contributed by atoms with Crippen LogP contribution in [0, 0.1) is 12.7 Å². The summed E-state index contributed by atoms with van der Waals surface area (Å²) in [7, 11) is 1.92. The molecular formula is C18H23FN2. The number of nitrogens with one attached hydrogen (secondary N) is 1. The van der Waals surface area contributed by atoms with E-state index in [2.05, 4.69) is 12.2 Å². The van der Waals surface area contributed by atoms with Gasteiger partial charge in [-0.25, -0.2) is 4.39 Å². The first-order chi connectivity index (χ1) is 10.1. The second-order valence-corrected chi connectivity index (χ2v) is 5.27. The normalized spacial score (nSPS) is 10.7. The highest BCUT2D eigenvalue weighted by Gasteiger charge is 2.15. The van der Waals surface area contributed by atoms with Crippen LogP contribution < -0.4 is 10.2 Å². The Morgan fingerprint density at radius 1 is 1.10 bits per heavy atom. The summed E-state index contributed by atoms with van der Waals surface area (Å²) in [4.78, 5) is 1.94. The van der Waals surface area contributed by atoms with E-state index in [0.29, 0.717) is 12.2 Å². The van der Waals surface area contributed by atoms with Crippen LogP contribution >= 0.6 is 0 Å². The molecule has 2 aromatic rings. The van der Waals surface area contributed by atoms with Gasteiger partial charge in [-0.1, -0.05) is 37.3 Å². The van der Waals surface area contributed by atoms with Crippen LogP contribution in [0.15, 0.2) is 42.5 Å². The Morgan fingerprint density at radius 3 is 2.57 bits per heavy atom. The van der Waals surface area contributed by atoms with Crippen LogP contribution in [0.2, 0.25) is 0 Å². The van der Waals surface area contributed by atoms with Gasteiger partial charge in [0.1, 0.15) is 5.82 Å². The third kappa shape index (κ3) is 3.61. The van der Waals surface area contributed by atoms with E-state index < -0.39 is 0 Å². The number of hydrogen-bond acceptors (Lipinski definition) is 2. The number of halogens is 1. The van der Waals surface area contributed by atoms with E-state index in [1.54, 1.807) is 6.07 Å². The summed E-state index contributed by atoms with van der Waals surface area (Å²) in [5.74, 6) is -0.184. The van der Waals surface area contributed by atoms with E-state index in [-0.39, 0.29) is 5.82 Å². The highest BCUT2D eigenvalue weighted by Crippen LogP contribution is 2.31. The van der Waals surface area contributed by atoms with Crippen molar-refractivity contribution in [1.29, 1.82) is 0 Å². The molecular weight excluding hydrogens is 263 g/mol. The van der Waals surface area contributed by atoms with Crippen LogP contribution in [0.5, 0.6) is 0 Å². The van der Waals surface area contributed by atoms with Gasteiger partial charge in [0.05, 0.1) is 5.69 Å². The van der Waals surface area contributed by atoms with Crippen LogP contribution in [0.3, 0.4) is 0 Å². The monoisotopic (exact) mass is 286 g/mol. The summed E-state index contributed by atoms with van der Waals surface area (Å²) in [6.45, 7) is 5.78. The lowest BCUT2D eigenvalue weighted by molar-refractivity contribution is 0.619. The fraction of sp³-hybridized carbons (Fsp3) is 0.333. The Bertz CT molecular complexity index is 596. The molecule has 0 aromatic heterocycles. The van der Waals surface area contributed by atoms with Crippen LogP contribution in [-0.2, 0) is 6.54 Å². The van der Waals surface area contributed by atoms with Crippen molar-refractivity contribution in [2.24, 2.45) is 0 Å². The number of hydrogen-bond donors (Lipinski definition) is 1. The molecule has 0 aliphatic rings. The number of nitrogens with zero attached hydrogens (tertiary/aromatic N) is 1. The quantitative estimate of drug-likeness (QED) is 0.792. The van der Waals surface area contributed by atoms with Gasteiger partial charge in [-0.3, -0.25) is 0 Å². The minimum absolute atomic E-state index is 0.184. The molecule has 112 valence electrons. The maximum absolute atomic E-state index is 14.4. The molecule has 0 atom stereocenters. The van der Waals surface area contributed by atoms with Crippen molar-refractivity contribution in [2.75, 3.05) is 18.5 Å². The molecule has 0 fully saturated rings. The van der Waals surface area contributed by atoms with Gasteiger partial charge in [0.2, 0.25) is 0 Å². The Hall–Kier alpha value is -1.87. The molecule has 1 N–H and O–H groups in total. The summed E-state index contributed by atoms with van der Waals surface area (Å²) >= 11 is 0. The largest absolute Gasteiger partial charge is 0.342 e. The average molecular weight is 286 g/mol. The van der Waals surface area contributed by atoms with Crippen molar-refractivity contribution in [3.63, 3.8) is 0 Å². The lowest BCUT2D eigenvalue weighted by atomic mass is 10.1. The molecule has 0 saturated carbocycles. The van der Waals surface area contributed by atoms with E-state index in [1.165, 1.54) is 6.07 Å². The highest BCUT2D eigenvalue weighted by molar-refractivity contribution is 5.68. The summed E-state index contributed by atoms with van der Waals surface area (Å²) in [5.41, 5.74) is 3.79. The maximum atomic E-state index is 14.4. The van der Waals surface area contributed by atoms with Crippen molar-refractivity contribution in [3.05, 3.63) is 59.4 Å². The van der Waals surface area contributed by atoms with Crippen LogP contribution in [0.4, 0.5) is 15.8 Å². The van der Waals surface area contributed by atoms with Gasteiger partial charge >= 0.3 is 0 Å². The molecule has 2 nitrogen and oxygen atoms in total. The number of para-hydroxylation sites is 2. The molecule has 0 aliphatic heterocycles. The molecule has 0 radical (unpaired) electrons. The van der Waals surface area contributed by atoms with E-state index in [4.69, 9.17) is 0 Å². The van der Waals surface area contributed by atoms with Crippen molar-refractivity contribution < 1.29 is 4.39 Å². The van der Waals surface area contributed by atoms with Gasteiger partial charge in [-0.15, -0.1) is 0 Å². The summed E-state index contributed by atoms with van der Waals surface area (Å²) in [5, 5.41) is 3.35. The molecule has 0 heterocycles. The summed E-state index contributed by atoms with van der Waals surface area (Å²) in [6.07, 6.45) is 1.07. The van der Waals surface area contributed by atoms with Gasteiger partial charge in [-0.2, -0.15) is 0 Å². The molecule has 0 unspecified atom stereocenters. The molecule has 21 heavy (non-hydrogen) atoms. The Kier molecular flexibility index (Phi) is 5.34. The Morgan fingerprint density at radius 2 is 1.86 bits per heavy atom. The number of benzene rings is 2. The summed E-state index contributed by atoms with van der Waals surface area (Å²) < 4.78 is 14.4. The predicted octanol–water partition coefficient (Wildman–Crippen LogP) is 4.40. The highest BCUT2D eigenvalue weighted by atomic mass is 19.1. The number of aryl methyl sites for hydroxylation is 1. The van der Waals surface area contributed by atoms with Crippen molar-refractivity contribution in [2.45, 2.75) is 26.8 Å². The van der Waals surface area contributed by atoms with Crippen LogP contribution in [-0.4, -0.2) is 13.6 Å². The fourth-order valence-corrected chi connectivity index (χ4v) is 2.54. The topological polar surface area (TPSA) is 15.3 Å². The first-order valence-electron chi connectivity index (χ1n) is 7.42. The van der Waals surface area contributed by atoms with Crippen molar-refractivity contribution in [1.82, 2.24) is 5.32 Å². The van der Waals surface area contributed by atoms with Gasteiger partial charge < -0.3 is 10.2 Å². The first kappa shape index (κ1) is 15.5. The van der Waals surface area contributed by atoms with E-state index in [9.17, 15) is 4.39 Å². The van der Waals surface area contributed by atoms with E-state index in [1.807, 2.05) is 49.2 Å². The molecule has 0 amide bonds. The zero-order valence-electron chi connectivity index (χ0n) is 13.0. The number of rotatable bonds is 6. The van der Waals surface area contributed by atoms with E-state index in [0.717, 1.165) is 29.8 Å². The minimum Gasteiger partial charge on any atom is -0.342 e. The minimum atomic E-state index is -0.184. The molecule has 0 spiro atoms. The average Bonchev–Trinajstić information content (AvgIpc) is 2.47. The zero-order valence-corrected chi connectivity index (χ0v) is 13.0. The van der Waals surface area contributed by atoms with Crippen LogP contribution in [0.25, 0.3) is 0 Å². The molecule has 0 bridgehead atoms. The third-order valence-corrected chi connectivity index (χ3v) is 3.62. The van der Waals surface area contributed by atoms with Crippen molar-refractivity contribution >= 4 is 11.4 Å². The lowest BCUT2D eigenvalue weighted by Gasteiger charge is -2.25. The Labute approximate surface area is 126 Å². The Balaban J connectivity index is 2.35. The molecule has 2 aromatic carbocycles. The SMILES string of the molecule is CCCNCc1cccc(F)c1N(C)c1ccccc1C. The molecule has 2 rings (SSSR count). The first-order valence-corrected chi connectivity index (χ1v) is 7.42. The van der Waals surface area contributed by atoms with Crippen molar-refractivity contribution in [3.8, 4) is 0 Å². The van der Waals surface area contributed by atoms with Crippen LogP contribution in [0.1, 0.15) is 24.5 Å². The van der Waals surface area contributed by atoms with Gasteiger partial charge in [0.15, 0.2) is 0 Å². The second kappa shape index (κ2) is 7.23. The van der Waals surface area contributed by atoms with Gasteiger partial charge in [-0.05, 0) is 43.1 Å². The predicted molar refractivity (Wildman–Crippen MR) is 87.6 cm³/mol. The van der Waals surface area contributed by atoms with Gasteiger partial charge in [0.25, 0.3) is 0 Å². The zero-order chi connectivity index (χ0) is 15.2. The fourth-order valence-electron chi connectivity index (χ4n) is 2.54. The molecule has 0 aliphatic carbocycles. The second-order valence-electron chi connectivity index (χ2n) is 5.27. The maximum Gasteiger partial charge on any atom is 0.147 e. The van der Waals surface area contributed by atoms with Gasteiger partial charge in [0, 0.05) is 19.3 Å². The standard InChI is InChI=1S/C18H23FN2/c1-4-12-20-13-15-9-7-10-16(19)18(15)21(3)17-11-6-5-8-14(17)2/h5-11,20H,4,12-13H2,1-3H3. The molecule has 0 saturated heterocycles.